The van der Waals surface area contributed by atoms with Gasteiger partial charge in [-0.25, -0.2) is 4.99 Å². The third-order valence-electron chi connectivity index (χ3n) is 4.46. The van der Waals surface area contributed by atoms with Crippen LogP contribution in [0, 0.1) is 0 Å². The zero-order valence-corrected chi connectivity index (χ0v) is 18.2. The van der Waals surface area contributed by atoms with E-state index in [-0.39, 0.29) is 5.91 Å². The molecule has 3 aromatic rings. The summed E-state index contributed by atoms with van der Waals surface area (Å²) in [5.41, 5.74) is 2.50. The number of hydrogen-bond acceptors (Lipinski definition) is 5. The number of carbonyl (C=O) groups is 1. The van der Waals surface area contributed by atoms with Gasteiger partial charge in [-0.05, 0) is 53.7 Å². The Hall–Kier alpha value is -3.22. The normalized spacial score (nSPS) is 15.9. The number of hydrogen-bond donors (Lipinski definition) is 1. The number of methoxy groups -OCH3 is 1. The third-order valence-corrected chi connectivity index (χ3v) is 5.74. The summed E-state index contributed by atoms with van der Waals surface area (Å²) < 4.78 is 11.4. The largest absolute Gasteiger partial charge is 0.493 e. The molecule has 1 amide bonds. The van der Waals surface area contributed by atoms with Crippen LogP contribution in [0.25, 0.3) is 6.08 Å². The zero-order valence-electron chi connectivity index (χ0n) is 16.7. The fraction of sp³-hybridized carbons (Fsp3) is 0.0833. The fourth-order valence-electron chi connectivity index (χ4n) is 2.92. The van der Waals surface area contributed by atoms with E-state index in [1.54, 1.807) is 13.2 Å². The molecule has 1 saturated heterocycles. The zero-order chi connectivity index (χ0) is 21.6. The van der Waals surface area contributed by atoms with Crippen molar-refractivity contribution in [2.75, 3.05) is 7.11 Å². The van der Waals surface area contributed by atoms with Gasteiger partial charge in [-0.1, -0.05) is 54.1 Å². The summed E-state index contributed by atoms with van der Waals surface area (Å²) in [7, 11) is 1.58. The topological polar surface area (TPSA) is 59.9 Å². The molecule has 0 aliphatic carbocycles. The Morgan fingerprint density at radius 1 is 1.03 bits per heavy atom. The second kappa shape index (κ2) is 9.73. The lowest BCUT2D eigenvalue weighted by molar-refractivity contribution is -0.115. The van der Waals surface area contributed by atoms with Crippen molar-refractivity contribution in [3.63, 3.8) is 0 Å². The van der Waals surface area contributed by atoms with Crippen molar-refractivity contribution < 1.29 is 14.3 Å². The number of amidine groups is 1. The Morgan fingerprint density at radius 2 is 1.81 bits per heavy atom. The van der Waals surface area contributed by atoms with Crippen LogP contribution in [0.15, 0.2) is 82.7 Å². The molecule has 0 saturated carbocycles. The van der Waals surface area contributed by atoms with Gasteiger partial charge in [0.2, 0.25) is 0 Å². The lowest BCUT2D eigenvalue weighted by atomic mass is 10.2. The van der Waals surface area contributed by atoms with Crippen LogP contribution in [0.3, 0.4) is 0 Å². The number of nitrogens with zero attached hydrogens (tertiary/aromatic N) is 1. The highest BCUT2D eigenvalue weighted by atomic mass is 35.5. The van der Waals surface area contributed by atoms with E-state index in [4.69, 9.17) is 21.1 Å². The highest BCUT2D eigenvalue weighted by Gasteiger charge is 2.24. The van der Waals surface area contributed by atoms with Gasteiger partial charge in [0.25, 0.3) is 5.91 Å². The second-order valence-corrected chi connectivity index (χ2v) is 8.05. The van der Waals surface area contributed by atoms with Gasteiger partial charge < -0.3 is 14.8 Å². The standard InChI is InChI=1S/C24H19ClN2O3S/c1-29-21-13-16(11-12-20(21)30-15-17-7-5-6-10-19(17)25)14-22-23(28)27-24(31-22)26-18-8-3-2-4-9-18/h2-14H,15H2,1H3,(H,26,27,28)/b22-14+. The monoisotopic (exact) mass is 450 g/mol. The minimum absolute atomic E-state index is 0.183. The van der Waals surface area contributed by atoms with Crippen molar-refractivity contribution in [3.05, 3.63) is 93.9 Å². The summed E-state index contributed by atoms with van der Waals surface area (Å²) in [6.07, 6.45) is 1.80. The molecule has 31 heavy (non-hydrogen) atoms. The number of amides is 1. The number of aliphatic imine (C=N–C) groups is 1. The van der Waals surface area contributed by atoms with E-state index in [2.05, 4.69) is 10.3 Å². The van der Waals surface area contributed by atoms with Gasteiger partial charge in [0, 0.05) is 10.6 Å². The van der Waals surface area contributed by atoms with E-state index in [1.165, 1.54) is 11.8 Å². The molecule has 4 rings (SSSR count). The number of rotatable bonds is 6. The number of ether oxygens (including phenoxy) is 2. The first-order valence-electron chi connectivity index (χ1n) is 9.51. The van der Waals surface area contributed by atoms with Crippen LogP contribution in [0.1, 0.15) is 11.1 Å². The van der Waals surface area contributed by atoms with E-state index in [1.807, 2.05) is 72.8 Å². The third kappa shape index (κ3) is 5.29. The molecule has 0 aromatic heterocycles. The van der Waals surface area contributed by atoms with E-state index in [0.29, 0.717) is 33.2 Å². The first-order chi connectivity index (χ1) is 15.1. The Bertz CT molecular complexity index is 1160. The van der Waals surface area contributed by atoms with Crippen LogP contribution in [0.4, 0.5) is 5.69 Å². The van der Waals surface area contributed by atoms with Crippen molar-refractivity contribution >= 4 is 46.2 Å². The van der Waals surface area contributed by atoms with Crippen LogP contribution in [-0.4, -0.2) is 18.2 Å². The molecule has 0 unspecified atom stereocenters. The maximum absolute atomic E-state index is 12.3. The number of benzene rings is 3. The molecule has 0 atom stereocenters. The van der Waals surface area contributed by atoms with Gasteiger partial charge in [-0.2, -0.15) is 0 Å². The fourth-order valence-corrected chi connectivity index (χ4v) is 3.95. The average Bonchev–Trinajstić information content (AvgIpc) is 3.12. The first-order valence-corrected chi connectivity index (χ1v) is 10.7. The molecule has 1 aliphatic heterocycles. The van der Waals surface area contributed by atoms with Crippen molar-refractivity contribution in [1.29, 1.82) is 0 Å². The minimum Gasteiger partial charge on any atom is -0.493 e. The summed E-state index contributed by atoms with van der Waals surface area (Å²) in [5.74, 6) is 0.986. The van der Waals surface area contributed by atoms with Gasteiger partial charge in [-0.3, -0.25) is 4.79 Å². The summed E-state index contributed by atoms with van der Waals surface area (Å²) in [5, 5.41) is 4.00. The quantitative estimate of drug-likeness (QED) is 0.481. The summed E-state index contributed by atoms with van der Waals surface area (Å²) in [4.78, 5) is 17.4. The number of para-hydroxylation sites is 1. The number of thioether (sulfide) groups is 1. The molecule has 7 heteroatoms. The van der Waals surface area contributed by atoms with Gasteiger partial charge in [0.15, 0.2) is 16.7 Å². The van der Waals surface area contributed by atoms with Crippen molar-refractivity contribution in [3.8, 4) is 11.5 Å². The van der Waals surface area contributed by atoms with Crippen LogP contribution >= 0.6 is 23.4 Å². The van der Waals surface area contributed by atoms with Gasteiger partial charge in [0.1, 0.15) is 6.61 Å². The van der Waals surface area contributed by atoms with Crippen LogP contribution in [-0.2, 0) is 11.4 Å². The molecular weight excluding hydrogens is 432 g/mol. The van der Waals surface area contributed by atoms with Crippen molar-refractivity contribution in [2.45, 2.75) is 6.61 Å². The maximum atomic E-state index is 12.3. The predicted octanol–water partition coefficient (Wildman–Crippen LogP) is 5.82. The van der Waals surface area contributed by atoms with Crippen LogP contribution in [0.5, 0.6) is 11.5 Å². The second-order valence-electron chi connectivity index (χ2n) is 6.61. The predicted molar refractivity (Wildman–Crippen MR) is 126 cm³/mol. The van der Waals surface area contributed by atoms with E-state index in [9.17, 15) is 4.79 Å². The molecule has 1 aliphatic rings. The summed E-state index contributed by atoms with van der Waals surface area (Å²) in [6.45, 7) is 0.327. The molecule has 5 nitrogen and oxygen atoms in total. The van der Waals surface area contributed by atoms with Crippen molar-refractivity contribution in [1.82, 2.24) is 5.32 Å². The van der Waals surface area contributed by atoms with Gasteiger partial charge in [0.05, 0.1) is 17.7 Å². The summed E-state index contributed by atoms with van der Waals surface area (Å²) >= 11 is 7.49. The maximum Gasteiger partial charge on any atom is 0.264 e. The highest BCUT2D eigenvalue weighted by molar-refractivity contribution is 8.18. The molecule has 0 spiro atoms. The lowest BCUT2D eigenvalue weighted by Crippen LogP contribution is -2.19. The molecule has 1 fully saturated rings. The smallest absolute Gasteiger partial charge is 0.264 e. The average molecular weight is 451 g/mol. The molecular formula is C24H19ClN2O3S. The Morgan fingerprint density at radius 3 is 2.58 bits per heavy atom. The lowest BCUT2D eigenvalue weighted by Gasteiger charge is -2.12. The number of nitrogens with one attached hydrogen (secondary N) is 1. The van der Waals surface area contributed by atoms with Gasteiger partial charge in [-0.15, -0.1) is 0 Å². The summed E-state index contributed by atoms with van der Waals surface area (Å²) in [6, 6.07) is 22.5. The van der Waals surface area contributed by atoms with E-state index < -0.39 is 0 Å². The molecule has 1 N–H and O–H groups in total. The minimum atomic E-state index is -0.183. The van der Waals surface area contributed by atoms with E-state index >= 15 is 0 Å². The van der Waals surface area contributed by atoms with Gasteiger partial charge >= 0.3 is 0 Å². The molecule has 1 heterocycles. The molecule has 3 aromatic carbocycles. The molecule has 156 valence electrons. The Balaban J connectivity index is 1.50. The Kier molecular flexibility index (Phi) is 6.60. The molecule has 0 bridgehead atoms. The first kappa shape index (κ1) is 21.0. The number of halogens is 1. The highest BCUT2D eigenvalue weighted by Crippen LogP contribution is 2.33. The molecule has 0 radical (unpaired) electrons. The van der Waals surface area contributed by atoms with Crippen molar-refractivity contribution in [2.24, 2.45) is 4.99 Å². The van der Waals surface area contributed by atoms with E-state index in [0.717, 1.165) is 16.8 Å². The SMILES string of the molecule is COc1cc(/C=C2/SC(=Nc3ccccc3)NC2=O)ccc1OCc1ccccc1Cl. The number of carbonyl (C=O) groups excluding carboxylic acids is 1. The Labute approximate surface area is 189 Å². The van der Waals surface area contributed by atoms with Crippen LogP contribution < -0.4 is 14.8 Å². The van der Waals surface area contributed by atoms with Crippen LogP contribution in [0.2, 0.25) is 5.02 Å².